The van der Waals surface area contributed by atoms with Crippen LogP contribution in [0.2, 0.25) is 0 Å². The molecule has 0 aliphatic carbocycles. The molecule has 4 heterocycles. The second-order valence-corrected chi connectivity index (χ2v) is 8.14. The van der Waals surface area contributed by atoms with Crippen LogP contribution in [0.3, 0.4) is 0 Å². The number of hydrogen-bond acceptors (Lipinski definition) is 6. The SMILES string of the molecule is Cc1nc(CN2CCC(N3CCCC(C(=O)N4CCOCC4)C3)CC2)co1. The van der Waals surface area contributed by atoms with Gasteiger partial charge in [0.25, 0.3) is 0 Å². The summed E-state index contributed by atoms with van der Waals surface area (Å²) >= 11 is 0. The summed E-state index contributed by atoms with van der Waals surface area (Å²) in [5, 5.41) is 0. The van der Waals surface area contributed by atoms with Gasteiger partial charge in [0.1, 0.15) is 6.26 Å². The van der Waals surface area contributed by atoms with Gasteiger partial charge in [0.2, 0.25) is 5.91 Å². The first kappa shape index (κ1) is 18.9. The Morgan fingerprint density at radius 1 is 1.15 bits per heavy atom. The van der Waals surface area contributed by atoms with Gasteiger partial charge in [0.05, 0.1) is 24.8 Å². The van der Waals surface area contributed by atoms with E-state index in [1.54, 1.807) is 6.26 Å². The molecule has 4 rings (SSSR count). The number of likely N-dealkylation sites (tertiary alicyclic amines) is 2. The number of oxazole rings is 1. The first-order chi connectivity index (χ1) is 13.2. The zero-order chi connectivity index (χ0) is 18.6. The molecule has 0 saturated carbocycles. The van der Waals surface area contributed by atoms with Crippen LogP contribution in [0, 0.1) is 12.8 Å². The fourth-order valence-corrected chi connectivity index (χ4v) is 4.73. The van der Waals surface area contributed by atoms with Crippen LogP contribution >= 0.6 is 0 Å². The van der Waals surface area contributed by atoms with Crippen LogP contribution in [0.1, 0.15) is 37.3 Å². The van der Waals surface area contributed by atoms with Gasteiger partial charge in [-0.2, -0.15) is 0 Å². The van der Waals surface area contributed by atoms with Gasteiger partial charge in [-0.1, -0.05) is 0 Å². The van der Waals surface area contributed by atoms with Crippen molar-refractivity contribution in [3.05, 3.63) is 17.8 Å². The van der Waals surface area contributed by atoms with Crippen molar-refractivity contribution in [3.63, 3.8) is 0 Å². The fourth-order valence-electron chi connectivity index (χ4n) is 4.73. The fraction of sp³-hybridized carbons (Fsp3) is 0.800. The summed E-state index contributed by atoms with van der Waals surface area (Å²) in [5.41, 5.74) is 1.03. The monoisotopic (exact) mass is 376 g/mol. The van der Waals surface area contributed by atoms with E-state index in [0.29, 0.717) is 25.2 Å². The molecule has 27 heavy (non-hydrogen) atoms. The summed E-state index contributed by atoms with van der Waals surface area (Å²) in [6.45, 7) is 9.92. The number of hydrogen-bond donors (Lipinski definition) is 0. The van der Waals surface area contributed by atoms with Crippen molar-refractivity contribution in [2.24, 2.45) is 5.92 Å². The lowest BCUT2D eigenvalue weighted by molar-refractivity contribution is -0.142. The normalized spacial score (nSPS) is 26.4. The number of amides is 1. The average Bonchev–Trinajstić information content (AvgIpc) is 3.13. The molecule has 3 aliphatic rings. The van der Waals surface area contributed by atoms with Crippen LogP contribution < -0.4 is 0 Å². The first-order valence-electron chi connectivity index (χ1n) is 10.4. The van der Waals surface area contributed by atoms with Crippen LogP contribution in [0.25, 0.3) is 0 Å². The van der Waals surface area contributed by atoms with E-state index >= 15 is 0 Å². The van der Waals surface area contributed by atoms with Crippen LogP contribution in [0.4, 0.5) is 0 Å². The molecule has 7 heteroatoms. The van der Waals surface area contributed by atoms with Crippen molar-refractivity contribution >= 4 is 5.91 Å². The second kappa shape index (κ2) is 8.71. The van der Waals surface area contributed by atoms with Gasteiger partial charge in [0.15, 0.2) is 5.89 Å². The standard InChI is InChI=1S/C20H32N4O3/c1-16-21-18(15-27-16)14-22-7-4-19(5-8-22)24-6-2-3-17(13-24)20(25)23-9-11-26-12-10-23/h15,17,19H,2-14H2,1H3. The van der Waals surface area contributed by atoms with Gasteiger partial charge in [-0.25, -0.2) is 4.98 Å². The third-order valence-electron chi connectivity index (χ3n) is 6.25. The zero-order valence-corrected chi connectivity index (χ0v) is 16.4. The number of ether oxygens (including phenoxy) is 1. The molecule has 3 fully saturated rings. The number of morpholine rings is 1. The van der Waals surface area contributed by atoms with E-state index in [4.69, 9.17) is 9.15 Å². The van der Waals surface area contributed by atoms with Gasteiger partial charge in [-0.3, -0.25) is 14.6 Å². The van der Waals surface area contributed by atoms with Crippen molar-refractivity contribution in [1.82, 2.24) is 19.7 Å². The van der Waals surface area contributed by atoms with E-state index in [2.05, 4.69) is 14.8 Å². The zero-order valence-electron chi connectivity index (χ0n) is 16.4. The molecule has 0 aromatic carbocycles. The Labute approximate surface area is 161 Å². The van der Waals surface area contributed by atoms with Gasteiger partial charge in [0, 0.05) is 52.2 Å². The number of nitrogens with zero attached hydrogens (tertiary/aromatic N) is 4. The van der Waals surface area contributed by atoms with Gasteiger partial charge in [-0.05, 0) is 32.2 Å². The van der Waals surface area contributed by atoms with E-state index < -0.39 is 0 Å². The van der Waals surface area contributed by atoms with Crippen molar-refractivity contribution in [2.45, 2.75) is 45.2 Å². The number of piperidine rings is 2. The Kier molecular flexibility index (Phi) is 6.10. The molecule has 3 aliphatic heterocycles. The largest absolute Gasteiger partial charge is 0.449 e. The number of rotatable bonds is 4. The predicted octanol–water partition coefficient (Wildman–Crippen LogP) is 1.52. The van der Waals surface area contributed by atoms with Crippen LogP contribution in [0.5, 0.6) is 0 Å². The lowest BCUT2D eigenvalue weighted by Crippen LogP contribution is -2.52. The minimum Gasteiger partial charge on any atom is -0.449 e. The summed E-state index contributed by atoms with van der Waals surface area (Å²) in [4.78, 5) is 24.3. The van der Waals surface area contributed by atoms with Crippen molar-refractivity contribution in [1.29, 1.82) is 0 Å². The van der Waals surface area contributed by atoms with Crippen LogP contribution in [-0.4, -0.2) is 84.1 Å². The molecule has 1 unspecified atom stereocenters. The highest BCUT2D eigenvalue weighted by Crippen LogP contribution is 2.26. The summed E-state index contributed by atoms with van der Waals surface area (Å²) in [7, 11) is 0. The van der Waals surface area contributed by atoms with E-state index in [9.17, 15) is 4.79 Å². The number of carbonyl (C=O) groups is 1. The topological polar surface area (TPSA) is 62.1 Å². The smallest absolute Gasteiger partial charge is 0.227 e. The van der Waals surface area contributed by atoms with Gasteiger partial charge < -0.3 is 14.1 Å². The van der Waals surface area contributed by atoms with E-state index in [1.807, 2.05) is 11.8 Å². The molecule has 0 N–H and O–H groups in total. The average molecular weight is 377 g/mol. The molecule has 7 nitrogen and oxygen atoms in total. The maximum absolute atomic E-state index is 12.9. The highest BCUT2D eigenvalue weighted by atomic mass is 16.5. The highest BCUT2D eigenvalue weighted by molar-refractivity contribution is 5.79. The molecule has 0 spiro atoms. The third kappa shape index (κ3) is 4.70. The van der Waals surface area contributed by atoms with Gasteiger partial charge in [-0.15, -0.1) is 0 Å². The van der Waals surface area contributed by atoms with Gasteiger partial charge >= 0.3 is 0 Å². The lowest BCUT2D eigenvalue weighted by atomic mass is 9.92. The molecule has 1 amide bonds. The summed E-state index contributed by atoms with van der Waals surface area (Å²) < 4.78 is 10.7. The molecule has 3 saturated heterocycles. The summed E-state index contributed by atoms with van der Waals surface area (Å²) in [6, 6.07) is 0.612. The lowest BCUT2D eigenvalue weighted by Gasteiger charge is -2.43. The van der Waals surface area contributed by atoms with Crippen molar-refractivity contribution in [2.75, 3.05) is 52.5 Å². The first-order valence-corrected chi connectivity index (χ1v) is 10.4. The molecular formula is C20H32N4O3. The predicted molar refractivity (Wildman–Crippen MR) is 101 cm³/mol. The minimum atomic E-state index is 0.174. The van der Waals surface area contributed by atoms with Crippen molar-refractivity contribution < 1.29 is 13.9 Å². The molecule has 150 valence electrons. The molecular weight excluding hydrogens is 344 g/mol. The maximum Gasteiger partial charge on any atom is 0.227 e. The Bertz CT molecular complexity index is 620. The Hall–Kier alpha value is -1.44. The van der Waals surface area contributed by atoms with E-state index in [0.717, 1.165) is 70.2 Å². The molecule has 1 aromatic heterocycles. The number of aryl methyl sites for hydroxylation is 1. The second-order valence-electron chi connectivity index (χ2n) is 8.14. The highest BCUT2D eigenvalue weighted by Gasteiger charge is 2.33. The van der Waals surface area contributed by atoms with Crippen LogP contribution in [-0.2, 0) is 16.1 Å². The van der Waals surface area contributed by atoms with E-state index in [1.165, 1.54) is 12.8 Å². The third-order valence-corrected chi connectivity index (χ3v) is 6.25. The summed E-state index contributed by atoms with van der Waals surface area (Å²) in [5.74, 6) is 1.26. The Morgan fingerprint density at radius 2 is 1.93 bits per heavy atom. The van der Waals surface area contributed by atoms with E-state index in [-0.39, 0.29) is 5.92 Å². The minimum absolute atomic E-state index is 0.174. The summed E-state index contributed by atoms with van der Waals surface area (Å²) in [6.07, 6.45) is 6.30. The molecule has 0 radical (unpaired) electrons. The molecule has 0 bridgehead atoms. The number of carbonyl (C=O) groups excluding carboxylic acids is 1. The maximum atomic E-state index is 12.9. The Balaban J connectivity index is 1.26. The molecule has 1 atom stereocenters. The Morgan fingerprint density at radius 3 is 2.63 bits per heavy atom. The molecule has 1 aromatic rings. The number of aromatic nitrogens is 1. The van der Waals surface area contributed by atoms with Crippen LogP contribution in [0.15, 0.2) is 10.7 Å². The van der Waals surface area contributed by atoms with Crippen molar-refractivity contribution in [3.8, 4) is 0 Å². The quantitative estimate of drug-likeness (QED) is 0.794.